The quantitative estimate of drug-likeness (QED) is 0.215. The van der Waals surface area contributed by atoms with E-state index in [1.807, 2.05) is 54.6 Å². The highest BCUT2D eigenvalue weighted by atomic mass is 35.5. The first-order valence-electron chi connectivity index (χ1n) is 12.0. The molecule has 0 saturated heterocycles. The summed E-state index contributed by atoms with van der Waals surface area (Å²) in [4.78, 5) is 43.2. The predicted octanol–water partition coefficient (Wildman–Crippen LogP) is 5.75. The van der Waals surface area contributed by atoms with Gasteiger partial charge in [0.1, 0.15) is 5.69 Å². The molecule has 9 nitrogen and oxygen atoms in total. The fourth-order valence-electron chi connectivity index (χ4n) is 4.55. The molecule has 0 bridgehead atoms. The largest absolute Gasteiger partial charge is 0.439 e. The van der Waals surface area contributed by atoms with Crippen LogP contribution < -0.4 is 16.4 Å². The molecule has 0 aliphatic carbocycles. The van der Waals surface area contributed by atoms with Crippen molar-refractivity contribution in [3.63, 3.8) is 0 Å². The van der Waals surface area contributed by atoms with Gasteiger partial charge >= 0.3 is 5.76 Å². The molecular formula is C29H20ClN5O4. The molecule has 192 valence electrons. The third-order valence-electron chi connectivity index (χ3n) is 6.33. The fourth-order valence-corrected chi connectivity index (χ4v) is 4.73. The molecule has 10 heteroatoms. The van der Waals surface area contributed by atoms with E-state index < -0.39 is 11.7 Å². The van der Waals surface area contributed by atoms with Crippen molar-refractivity contribution in [2.75, 3.05) is 10.6 Å². The molecule has 0 saturated carbocycles. The van der Waals surface area contributed by atoms with E-state index in [9.17, 15) is 14.4 Å². The average molecular weight is 538 g/mol. The summed E-state index contributed by atoms with van der Waals surface area (Å²) in [5.74, 6) is -1.21. The van der Waals surface area contributed by atoms with Crippen LogP contribution in [0.1, 0.15) is 16.1 Å². The van der Waals surface area contributed by atoms with Crippen molar-refractivity contribution in [1.82, 2.24) is 15.1 Å². The molecule has 6 aromatic rings. The Morgan fingerprint density at radius 3 is 2.49 bits per heavy atom. The lowest BCUT2D eigenvalue weighted by molar-refractivity contribution is -0.115. The number of rotatable bonds is 6. The number of anilines is 2. The van der Waals surface area contributed by atoms with E-state index in [1.54, 1.807) is 30.3 Å². The number of hydrogen-bond donors (Lipinski definition) is 4. The second kappa shape index (κ2) is 9.96. The number of benzene rings is 4. The van der Waals surface area contributed by atoms with Crippen LogP contribution in [-0.2, 0) is 11.2 Å². The lowest BCUT2D eigenvalue weighted by Gasteiger charge is -2.09. The second-order valence-electron chi connectivity index (χ2n) is 8.90. The van der Waals surface area contributed by atoms with Gasteiger partial charge in [-0.3, -0.25) is 19.1 Å². The van der Waals surface area contributed by atoms with Crippen molar-refractivity contribution in [2.24, 2.45) is 0 Å². The fraction of sp³-hybridized carbons (Fsp3) is 0.0345. The van der Waals surface area contributed by atoms with Crippen LogP contribution in [0.4, 0.5) is 11.4 Å². The zero-order valence-corrected chi connectivity index (χ0v) is 21.0. The zero-order chi connectivity index (χ0) is 26.9. The number of para-hydroxylation sites is 1. The Morgan fingerprint density at radius 2 is 1.64 bits per heavy atom. The molecule has 2 aromatic heterocycles. The number of hydrogen-bond acceptors (Lipinski definition) is 5. The van der Waals surface area contributed by atoms with Crippen molar-refractivity contribution < 1.29 is 14.1 Å². The minimum absolute atomic E-state index is 0.130. The highest BCUT2D eigenvalue weighted by Crippen LogP contribution is 2.30. The van der Waals surface area contributed by atoms with E-state index in [-0.39, 0.29) is 23.8 Å². The van der Waals surface area contributed by atoms with E-state index in [0.717, 1.165) is 21.7 Å². The van der Waals surface area contributed by atoms with Gasteiger partial charge < -0.3 is 15.6 Å². The van der Waals surface area contributed by atoms with Gasteiger partial charge in [-0.2, -0.15) is 0 Å². The number of carbonyl (C=O) groups excluding carboxylic acids is 2. The highest BCUT2D eigenvalue weighted by Gasteiger charge is 2.17. The third-order valence-corrected chi connectivity index (χ3v) is 6.57. The average Bonchev–Trinajstić information content (AvgIpc) is 3.57. The van der Waals surface area contributed by atoms with Crippen molar-refractivity contribution in [3.8, 4) is 11.4 Å². The Balaban J connectivity index is 1.24. The lowest BCUT2D eigenvalue weighted by atomic mass is 10.0. The standard InChI is InChI=1S/C29H20ClN5O4/c30-19-11-12-22(21(15-19)27-34-29(38)39-35-27)33-28(37)24-13-18-8-4-10-23(26(18)32-24)31-25(36)14-17-7-3-6-16-5-1-2-9-20(16)17/h1-13,15,32H,14H2,(H,31,36)(H,33,37)(H,34,35,38). The maximum atomic E-state index is 13.2. The smallest absolute Gasteiger partial charge is 0.349 e. The van der Waals surface area contributed by atoms with Gasteiger partial charge in [-0.1, -0.05) is 71.4 Å². The van der Waals surface area contributed by atoms with Crippen LogP contribution in [0, 0.1) is 0 Å². The molecule has 0 fully saturated rings. The molecule has 6 rings (SSSR count). The monoisotopic (exact) mass is 537 g/mol. The molecule has 0 unspecified atom stereocenters. The van der Waals surface area contributed by atoms with Crippen LogP contribution >= 0.6 is 11.6 Å². The Bertz CT molecular complexity index is 1930. The van der Waals surface area contributed by atoms with E-state index in [4.69, 9.17) is 11.6 Å². The first-order valence-corrected chi connectivity index (χ1v) is 12.4. The highest BCUT2D eigenvalue weighted by molar-refractivity contribution is 6.31. The molecule has 0 aliphatic rings. The number of H-pyrrole nitrogens is 2. The van der Waals surface area contributed by atoms with Gasteiger partial charge in [0.25, 0.3) is 5.91 Å². The van der Waals surface area contributed by atoms with Crippen LogP contribution in [0.3, 0.4) is 0 Å². The summed E-state index contributed by atoms with van der Waals surface area (Å²) in [6.45, 7) is 0. The van der Waals surface area contributed by atoms with Crippen LogP contribution in [0.25, 0.3) is 33.1 Å². The zero-order valence-electron chi connectivity index (χ0n) is 20.2. The first kappa shape index (κ1) is 24.2. The Kier molecular flexibility index (Phi) is 6.18. The van der Waals surface area contributed by atoms with Crippen molar-refractivity contribution in [2.45, 2.75) is 6.42 Å². The van der Waals surface area contributed by atoms with E-state index in [1.165, 1.54) is 0 Å². The Labute approximate surface area is 225 Å². The van der Waals surface area contributed by atoms with Crippen LogP contribution in [-0.4, -0.2) is 26.9 Å². The topological polar surface area (TPSA) is 133 Å². The van der Waals surface area contributed by atoms with Crippen LogP contribution in [0.5, 0.6) is 0 Å². The number of carbonyl (C=O) groups is 2. The Morgan fingerprint density at radius 1 is 0.846 bits per heavy atom. The third kappa shape index (κ3) is 4.90. The molecule has 4 aromatic carbocycles. The molecule has 0 spiro atoms. The molecule has 2 heterocycles. The number of nitrogens with zero attached hydrogens (tertiary/aromatic N) is 1. The summed E-state index contributed by atoms with van der Waals surface area (Å²) < 4.78 is 4.59. The van der Waals surface area contributed by atoms with Crippen molar-refractivity contribution in [3.05, 3.63) is 112 Å². The number of fused-ring (bicyclic) bond motifs is 2. The molecule has 39 heavy (non-hydrogen) atoms. The normalized spacial score (nSPS) is 11.1. The van der Waals surface area contributed by atoms with Crippen molar-refractivity contribution >= 4 is 56.5 Å². The second-order valence-corrected chi connectivity index (χ2v) is 9.34. The lowest BCUT2D eigenvalue weighted by Crippen LogP contribution is -2.15. The summed E-state index contributed by atoms with van der Waals surface area (Å²) in [7, 11) is 0. The summed E-state index contributed by atoms with van der Waals surface area (Å²) >= 11 is 6.12. The SMILES string of the molecule is O=C(Cc1cccc2ccccc12)Nc1cccc2cc(C(=O)Nc3ccc(Cl)cc3-c3noc(=O)[nH]3)[nH]c12. The molecule has 0 aliphatic heterocycles. The van der Waals surface area contributed by atoms with Gasteiger partial charge in [-0.25, -0.2) is 4.79 Å². The molecular weight excluding hydrogens is 518 g/mol. The molecule has 0 atom stereocenters. The molecule has 2 amide bonds. The maximum Gasteiger partial charge on any atom is 0.439 e. The van der Waals surface area contributed by atoms with Crippen LogP contribution in [0.2, 0.25) is 5.02 Å². The minimum atomic E-state index is -0.729. The maximum absolute atomic E-state index is 13.2. The van der Waals surface area contributed by atoms with Gasteiger partial charge in [0, 0.05) is 16.0 Å². The summed E-state index contributed by atoms with van der Waals surface area (Å²) in [5.41, 5.74) is 3.14. The van der Waals surface area contributed by atoms with Crippen LogP contribution in [0.15, 0.2) is 94.2 Å². The van der Waals surface area contributed by atoms with E-state index >= 15 is 0 Å². The van der Waals surface area contributed by atoms with Crippen molar-refractivity contribution in [1.29, 1.82) is 0 Å². The van der Waals surface area contributed by atoms with Gasteiger partial charge in [0.05, 0.1) is 23.3 Å². The number of nitrogens with one attached hydrogen (secondary N) is 4. The predicted molar refractivity (Wildman–Crippen MR) is 150 cm³/mol. The first-order chi connectivity index (χ1) is 18.9. The number of aromatic nitrogens is 3. The summed E-state index contributed by atoms with van der Waals surface area (Å²) in [6.07, 6.45) is 0.204. The Hall–Kier alpha value is -5.15. The number of halogens is 1. The van der Waals surface area contributed by atoms with E-state index in [2.05, 4.69) is 30.3 Å². The number of amides is 2. The van der Waals surface area contributed by atoms with Gasteiger partial charge in [0.2, 0.25) is 5.91 Å². The van der Waals surface area contributed by atoms with Gasteiger partial charge in [-0.05, 0) is 46.7 Å². The van der Waals surface area contributed by atoms with Gasteiger partial charge in [0.15, 0.2) is 5.82 Å². The molecule has 4 N–H and O–H groups in total. The number of aromatic amines is 2. The summed E-state index contributed by atoms with van der Waals surface area (Å²) in [6, 6.07) is 25.7. The van der Waals surface area contributed by atoms with E-state index in [0.29, 0.717) is 27.5 Å². The minimum Gasteiger partial charge on any atom is -0.349 e. The summed E-state index contributed by atoms with van der Waals surface area (Å²) in [5, 5.41) is 12.7. The molecule has 0 radical (unpaired) electrons. The van der Waals surface area contributed by atoms with Gasteiger partial charge in [-0.15, -0.1) is 0 Å².